The van der Waals surface area contributed by atoms with Crippen molar-refractivity contribution in [3.05, 3.63) is 0 Å². The van der Waals surface area contributed by atoms with Crippen LogP contribution in [0, 0.1) is 0 Å². The van der Waals surface area contributed by atoms with Crippen LogP contribution in [-0.4, -0.2) is 488 Å². The van der Waals surface area contributed by atoms with Gasteiger partial charge in [0, 0.05) is 27.4 Å². The maximum Gasteiger partial charge on any atom is 0.217 e. The van der Waals surface area contributed by atoms with Crippen molar-refractivity contribution in [1.82, 2.24) is 16.0 Å². The van der Waals surface area contributed by atoms with E-state index in [1.807, 2.05) is 6.92 Å². The number of carbonyl (C=O) groups excluding carboxylic acids is 3. The van der Waals surface area contributed by atoms with Gasteiger partial charge in [0.05, 0.1) is 59.5 Å². The first kappa shape index (κ1) is 97.5. The van der Waals surface area contributed by atoms with Gasteiger partial charge in [-0.3, -0.25) is 14.4 Å². The molecule has 9 aliphatic rings. The topological polar surface area (TPSA) is 759 Å². The molecule has 9 heterocycles. The molecule has 680 valence electrons. The zero-order valence-electron chi connectivity index (χ0n) is 64.0. The molecule has 0 aromatic heterocycles. The summed E-state index contributed by atoms with van der Waals surface area (Å²) in [6.45, 7) is -4.36. The fraction of sp³-hybridized carbons (Fsp3) is 0.956. The Balaban J connectivity index is 1.03. The molecule has 0 unspecified atom stereocenters. The minimum absolute atomic E-state index is 0.165. The maximum absolute atomic E-state index is 13.1. The zero-order chi connectivity index (χ0) is 85.9. The van der Waals surface area contributed by atoms with Crippen LogP contribution >= 0.6 is 0 Å². The van der Waals surface area contributed by atoms with E-state index in [9.17, 15) is 142 Å². The van der Waals surface area contributed by atoms with Crippen LogP contribution in [0.1, 0.15) is 66.2 Å². The average Bonchev–Trinajstić information content (AvgIpc) is 0.772. The second kappa shape index (κ2) is 44.5. The molecule has 9 aliphatic heterocycles. The van der Waals surface area contributed by atoms with Crippen molar-refractivity contribution >= 4 is 17.7 Å². The highest BCUT2D eigenvalue weighted by Crippen LogP contribution is 2.40. The second-order valence-corrected chi connectivity index (χ2v) is 30.1. The minimum atomic E-state index is -2.38. The largest absolute Gasteiger partial charge is 0.394 e. The fourth-order valence-electron chi connectivity index (χ4n) is 15.1. The van der Waals surface area contributed by atoms with Crippen LogP contribution in [0.2, 0.25) is 0 Å². The molecule has 28 N–H and O–H groups in total. The molecule has 0 bridgehead atoms. The summed E-state index contributed by atoms with van der Waals surface area (Å²) in [6, 6.07) is -5.53. The second-order valence-electron chi connectivity index (χ2n) is 30.1. The third-order valence-corrected chi connectivity index (χ3v) is 21.7. The number of unbranched alkanes of at least 4 members (excludes halogenated alkanes) is 5. The molecule has 0 saturated carbocycles. The quantitative estimate of drug-likeness (QED) is 0.0259. The maximum atomic E-state index is 13.1. The predicted octanol–water partition coefficient (Wildman–Crippen LogP) is -16.8. The Hall–Kier alpha value is -3.31. The van der Waals surface area contributed by atoms with Gasteiger partial charge < -0.3 is 229 Å². The van der Waals surface area contributed by atoms with Crippen LogP contribution < -0.4 is 16.0 Å². The van der Waals surface area contributed by atoms with Gasteiger partial charge in [-0.05, 0) is 6.42 Å². The third kappa shape index (κ3) is 22.9. The number of carbonyl (C=O) groups is 3. The van der Waals surface area contributed by atoms with Crippen molar-refractivity contribution in [2.75, 3.05) is 66.1 Å². The van der Waals surface area contributed by atoms with Gasteiger partial charge in [0.25, 0.3) is 0 Å². The van der Waals surface area contributed by atoms with Crippen molar-refractivity contribution in [1.29, 1.82) is 0 Å². The normalized spacial score (nSPS) is 47.4. The number of hydrogen-bond acceptors (Lipinski definition) is 46. The number of hydrogen-bond donors (Lipinski definition) is 28. The summed E-state index contributed by atoms with van der Waals surface area (Å²) in [5, 5.41) is 284. The number of ether oxygens (including phenoxy) is 18. The summed E-state index contributed by atoms with van der Waals surface area (Å²) in [6.07, 6.45) is -79.4. The van der Waals surface area contributed by atoms with Gasteiger partial charge in [-0.25, -0.2) is 0 Å². The van der Waals surface area contributed by atoms with Crippen molar-refractivity contribution in [3.63, 3.8) is 0 Å². The summed E-state index contributed by atoms with van der Waals surface area (Å²) >= 11 is 0. The van der Waals surface area contributed by atoms with Crippen LogP contribution in [0.4, 0.5) is 0 Å². The van der Waals surface area contributed by atoms with Gasteiger partial charge in [0.1, 0.15) is 220 Å². The van der Waals surface area contributed by atoms with Gasteiger partial charge in [0.2, 0.25) is 17.7 Å². The lowest BCUT2D eigenvalue weighted by Crippen LogP contribution is -2.70. The van der Waals surface area contributed by atoms with Crippen LogP contribution in [0.25, 0.3) is 0 Å². The standard InChI is InChI=1S/C68H117N3O46/c1-5-6-7-8-9-10-11-100-63-53(99)57(115-68-59(48(94)39(85)27(15-75)106-68)117-62-35(71-23(4)81)44(90)56(30(18-78)109-62)114-66-52(98)47(93)38(84)26(14-74)105-66)41(87)32(110-63)20-102-67-58(116-61-34(70-22(3)80)43(89)55(29(17-77)108-61)113-65-51(97)46(92)37(83)25(13-73)104-65)49(95)40(86)31(111-67)19-101-60-33(69-21(2)79)42(88)54(28(16-76)107-60)112-64-50(96)45(91)36(82)24(12-72)103-64/h24-68,72-78,82-99H,5-20H2,1-4H3,(H,69,79)(H,70,80)(H,71,81)/t24-,25-,26-,27-,28-,29-,30-,31-,32-,33-,34-,35-,36+,37+,38+,39-,40-,41-,42-,43-,44-,45+,46+,47+,48+,49+,50-,51-,52-,53+,54-,55-,56-,57+,58+,59+,60-,61+,62+,63-,64+,65+,66+,67+,68-/m1/s1. The molecule has 0 spiro atoms. The number of nitrogens with one attached hydrogen (secondary N) is 3. The molecule has 45 atom stereocenters. The summed E-state index contributed by atoms with van der Waals surface area (Å²) in [7, 11) is 0. The highest BCUT2D eigenvalue weighted by atomic mass is 16.8. The van der Waals surface area contributed by atoms with Gasteiger partial charge in [-0.2, -0.15) is 0 Å². The minimum Gasteiger partial charge on any atom is -0.394 e. The lowest BCUT2D eigenvalue weighted by atomic mass is 9.94. The zero-order valence-corrected chi connectivity index (χ0v) is 64.0. The smallest absolute Gasteiger partial charge is 0.217 e. The van der Waals surface area contributed by atoms with Crippen LogP contribution in [-0.2, 0) is 99.6 Å². The predicted molar refractivity (Wildman–Crippen MR) is 369 cm³/mol. The Morgan fingerprint density at radius 3 is 0.915 bits per heavy atom. The summed E-state index contributed by atoms with van der Waals surface area (Å²) in [5.41, 5.74) is 0. The Morgan fingerprint density at radius 1 is 0.248 bits per heavy atom. The van der Waals surface area contributed by atoms with Crippen molar-refractivity contribution in [2.45, 2.75) is 342 Å². The van der Waals surface area contributed by atoms with Gasteiger partial charge in [0.15, 0.2) is 56.6 Å². The monoisotopic (exact) mass is 1710 g/mol. The summed E-state index contributed by atoms with van der Waals surface area (Å²) in [4.78, 5) is 38.8. The van der Waals surface area contributed by atoms with E-state index >= 15 is 0 Å². The molecule has 3 amide bonds. The van der Waals surface area contributed by atoms with Crippen molar-refractivity contribution in [3.8, 4) is 0 Å². The molecule has 49 nitrogen and oxygen atoms in total. The van der Waals surface area contributed by atoms with Crippen LogP contribution in [0.15, 0.2) is 0 Å². The van der Waals surface area contributed by atoms with E-state index in [0.717, 1.165) is 46.5 Å². The van der Waals surface area contributed by atoms with Gasteiger partial charge >= 0.3 is 0 Å². The molecular weight excluding hydrogens is 1590 g/mol. The Labute approximate surface area is 667 Å². The number of aliphatic hydroxyl groups excluding tert-OH is 25. The molecule has 117 heavy (non-hydrogen) atoms. The molecule has 9 saturated heterocycles. The summed E-state index contributed by atoms with van der Waals surface area (Å²) in [5.74, 6) is -2.68. The SMILES string of the molecule is CCCCCCCCO[C@@H]1O[C@H](CO[C@H]2O[C@H](CO[C@@H]3O[C@H](CO)[C@@H](O[C@@H]4O[C@H](CO)[C@H](O)[C@H](O)[C@H]4O)[C@H](O)[C@H]3NC(C)=O)[C@@H](O)[C@H](O)[C@@H]2O[C@@H]2O[C@H](CO)[C@@H](O[C@@H]3O[C@H](CO)[C@H](O)[C@H](O)[C@H]3O)[C@H](O)[C@H]2NC(C)=O)[C@@H](O)[C@H](O[C@H]2O[C@H](CO)[C@@H](O)[C@H](O)[C@@H]2O[C@@H]2O[C@H](CO)[C@@H](O[C@@H]3O[C@H](CO)[C@H](O)[C@H](O)[C@H]3O)[C@H](O)[C@H]2NC(C)=O)[C@@H]1O. The van der Waals surface area contributed by atoms with E-state index in [-0.39, 0.29) is 6.61 Å². The molecular formula is C68H117N3O46. The van der Waals surface area contributed by atoms with E-state index in [4.69, 9.17) is 85.3 Å². The van der Waals surface area contributed by atoms with Crippen molar-refractivity contribution < 1.29 is 227 Å². The average molecular weight is 1710 g/mol. The van der Waals surface area contributed by atoms with Crippen LogP contribution in [0.5, 0.6) is 0 Å². The first-order chi connectivity index (χ1) is 55.6. The lowest BCUT2D eigenvalue weighted by Gasteiger charge is -2.50. The Morgan fingerprint density at radius 2 is 0.530 bits per heavy atom. The third-order valence-electron chi connectivity index (χ3n) is 21.7. The molecule has 0 radical (unpaired) electrons. The van der Waals surface area contributed by atoms with E-state index in [0.29, 0.717) is 12.8 Å². The Bertz CT molecular complexity index is 2990. The molecule has 0 aromatic rings. The molecule has 0 aromatic carbocycles. The first-order valence-electron chi connectivity index (χ1n) is 38.6. The number of amides is 3. The molecule has 9 rings (SSSR count). The number of aliphatic hydroxyl groups is 25. The Kier molecular flexibility index (Phi) is 37.1. The van der Waals surface area contributed by atoms with Gasteiger partial charge in [-0.15, -0.1) is 0 Å². The van der Waals surface area contributed by atoms with Crippen LogP contribution in [0.3, 0.4) is 0 Å². The fourth-order valence-corrected chi connectivity index (χ4v) is 15.1. The van der Waals surface area contributed by atoms with E-state index in [1.54, 1.807) is 0 Å². The summed E-state index contributed by atoms with van der Waals surface area (Å²) < 4.78 is 108. The first-order valence-corrected chi connectivity index (χ1v) is 38.6. The lowest BCUT2D eigenvalue weighted by molar-refractivity contribution is -0.393. The number of rotatable bonds is 36. The van der Waals surface area contributed by atoms with Crippen molar-refractivity contribution in [2.24, 2.45) is 0 Å². The van der Waals surface area contributed by atoms with Gasteiger partial charge in [-0.1, -0.05) is 39.0 Å². The molecule has 0 aliphatic carbocycles. The molecule has 49 heteroatoms. The highest BCUT2D eigenvalue weighted by Gasteiger charge is 2.60. The van der Waals surface area contributed by atoms with E-state index < -0.39 is 353 Å². The van der Waals surface area contributed by atoms with E-state index in [2.05, 4.69) is 16.0 Å². The molecule has 9 fully saturated rings. The highest BCUT2D eigenvalue weighted by molar-refractivity contribution is 5.74. The van der Waals surface area contributed by atoms with E-state index in [1.165, 1.54) is 0 Å².